The maximum atomic E-state index is 13.3. The van der Waals surface area contributed by atoms with Gasteiger partial charge in [0.05, 0.1) is 18.4 Å². The summed E-state index contributed by atoms with van der Waals surface area (Å²) in [7, 11) is 1.55. The predicted molar refractivity (Wildman–Crippen MR) is 131 cm³/mol. The van der Waals surface area contributed by atoms with E-state index in [1.165, 1.54) is 17.0 Å². The fourth-order valence-corrected chi connectivity index (χ4v) is 4.14. The van der Waals surface area contributed by atoms with E-state index in [4.69, 9.17) is 22.1 Å². The molecule has 0 unspecified atom stereocenters. The molecule has 2 aromatic carbocycles. The van der Waals surface area contributed by atoms with E-state index in [1.54, 1.807) is 49.6 Å². The van der Waals surface area contributed by atoms with Crippen LogP contribution < -0.4 is 15.0 Å². The van der Waals surface area contributed by atoms with Crippen molar-refractivity contribution in [1.29, 1.82) is 0 Å². The van der Waals surface area contributed by atoms with Gasteiger partial charge in [-0.1, -0.05) is 0 Å². The molecular weight excluding hydrogens is 454 g/mol. The van der Waals surface area contributed by atoms with Crippen molar-refractivity contribution in [3.05, 3.63) is 82.7 Å². The number of rotatable bonds is 5. The number of carbonyl (C=O) groups excluding carboxylic acids is 2. The summed E-state index contributed by atoms with van der Waals surface area (Å²) in [4.78, 5) is 38.4. The van der Waals surface area contributed by atoms with E-state index in [0.29, 0.717) is 17.0 Å². The molecule has 0 aliphatic carbocycles. The summed E-state index contributed by atoms with van der Waals surface area (Å²) < 4.78 is 7.09. The van der Waals surface area contributed by atoms with Crippen LogP contribution >= 0.6 is 12.2 Å². The van der Waals surface area contributed by atoms with Crippen molar-refractivity contribution < 1.29 is 24.2 Å². The molecule has 34 heavy (non-hydrogen) atoms. The van der Waals surface area contributed by atoms with Crippen LogP contribution in [0.3, 0.4) is 0 Å². The Hall–Kier alpha value is -4.24. The van der Waals surface area contributed by atoms with Crippen LogP contribution in [0.2, 0.25) is 0 Å². The Morgan fingerprint density at radius 3 is 2.24 bits per heavy atom. The molecule has 0 radical (unpaired) electrons. The van der Waals surface area contributed by atoms with Gasteiger partial charge in [-0.25, -0.2) is 4.79 Å². The number of ether oxygens (including phenoxy) is 1. The Balaban J connectivity index is 1.72. The van der Waals surface area contributed by atoms with Crippen LogP contribution in [0.5, 0.6) is 5.75 Å². The van der Waals surface area contributed by atoms with Crippen LogP contribution in [0.1, 0.15) is 27.3 Å². The predicted octanol–water partition coefficient (Wildman–Crippen LogP) is 3.63. The van der Waals surface area contributed by atoms with Gasteiger partial charge in [-0.05, 0) is 92.3 Å². The molecule has 2 amide bonds. The Morgan fingerprint density at radius 1 is 1.03 bits per heavy atom. The lowest BCUT2D eigenvalue weighted by molar-refractivity contribution is -0.122. The molecule has 0 spiro atoms. The molecule has 1 aliphatic heterocycles. The maximum absolute atomic E-state index is 13.3. The van der Waals surface area contributed by atoms with Crippen molar-refractivity contribution in [3.8, 4) is 11.4 Å². The molecule has 1 fully saturated rings. The molecule has 2 N–H and O–H groups in total. The number of hydrogen-bond donors (Lipinski definition) is 2. The normalized spacial score (nSPS) is 15.0. The third-order valence-electron chi connectivity index (χ3n) is 5.57. The summed E-state index contributed by atoms with van der Waals surface area (Å²) in [5.74, 6) is -1.48. The van der Waals surface area contributed by atoms with Crippen molar-refractivity contribution in [2.45, 2.75) is 13.8 Å². The topological polar surface area (TPSA) is 101 Å². The molecule has 1 aromatic heterocycles. The molecule has 1 saturated heterocycles. The van der Waals surface area contributed by atoms with Gasteiger partial charge >= 0.3 is 5.97 Å². The third-order valence-corrected chi connectivity index (χ3v) is 5.86. The first-order chi connectivity index (χ1) is 16.2. The van der Waals surface area contributed by atoms with Gasteiger partial charge in [0, 0.05) is 17.1 Å². The third kappa shape index (κ3) is 4.08. The van der Waals surface area contributed by atoms with E-state index in [1.807, 2.05) is 24.5 Å². The Bertz CT molecular complexity index is 1350. The number of carboxylic acids is 1. The fourth-order valence-electron chi connectivity index (χ4n) is 3.86. The zero-order chi connectivity index (χ0) is 24.6. The van der Waals surface area contributed by atoms with Gasteiger partial charge in [0.25, 0.3) is 11.8 Å². The van der Waals surface area contributed by atoms with Crippen LogP contribution in [0.25, 0.3) is 11.8 Å². The summed E-state index contributed by atoms with van der Waals surface area (Å²) in [6, 6.07) is 15.1. The van der Waals surface area contributed by atoms with E-state index in [-0.39, 0.29) is 16.2 Å². The van der Waals surface area contributed by atoms with Gasteiger partial charge < -0.3 is 14.4 Å². The zero-order valence-corrected chi connectivity index (χ0v) is 19.5. The number of anilines is 1. The summed E-state index contributed by atoms with van der Waals surface area (Å²) >= 11 is 5.25. The van der Waals surface area contributed by atoms with E-state index in [0.717, 1.165) is 17.1 Å². The highest BCUT2D eigenvalue weighted by atomic mass is 32.1. The van der Waals surface area contributed by atoms with Gasteiger partial charge in [0.2, 0.25) is 0 Å². The Labute approximate surface area is 201 Å². The molecule has 1 aliphatic rings. The van der Waals surface area contributed by atoms with Crippen molar-refractivity contribution in [2.75, 3.05) is 12.0 Å². The van der Waals surface area contributed by atoms with Crippen molar-refractivity contribution in [3.63, 3.8) is 0 Å². The van der Waals surface area contributed by atoms with Crippen LogP contribution in [0.4, 0.5) is 5.69 Å². The average molecular weight is 476 g/mol. The van der Waals surface area contributed by atoms with Gasteiger partial charge in [-0.15, -0.1) is 0 Å². The van der Waals surface area contributed by atoms with Gasteiger partial charge in [-0.2, -0.15) is 0 Å². The highest BCUT2D eigenvalue weighted by Gasteiger charge is 2.34. The average Bonchev–Trinajstić information content (AvgIpc) is 3.09. The lowest BCUT2D eigenvalue weighted by atomic mass is 10.1. The number of aromatic nitrogens is 1. The minimum Gasteiger partial charge on any atom is -0.497 e. The number of nitrogens with zero attached hydrogens (tertiary/aromatic N) is 2. The van der Waals surface area contributed by atoms with Crippen molar-refractivity contribution in [2.24, 2.45) is 0 Å². The van der Waals surface area contributed by atoms with Gasteiger partial charge in [0.1, 0.15) is 11.3 Å². The summed E-state index contributed by atoms with van der Waals surface area (Å²) in [5, 5.41) is 11.7. The monoisotopic (exact) mass is 475 g/mol. The molecule has 0 atom stereocenters. The zero-order valence-electron chi connectivity index (χ0n) is 18.7. The second-order valence-corrected chi connectivity index (χ2v) is 8.06. The first kappa shape index (κ1) is 22.9. The highest BCUT2D eigenvalue weighted by molar-refractivity contribution is 7.80. The summed E-state index contributed by atoms with van der Waals surface area (Å²) in [5.41, 5.74) is 3.74. The van der Waals surface area contributed by atoms with Crippen LogP contribution in [0, 0.1) is 13.8 Å². The number of aryl methyl sites for hydroxylation is 1. The highest BCUT2D eigenvalue weighted by Crippen LogP contribution is 2.27. The number of methoxy groups -OCH3 is 1. The first-order valence-corrected chi connectivity index (χ1v) is 10.7. The van der Waals surface area contributed by atoms with E-state index >= 15 is 0 Å². The lowest BCUT2D eigenvalue weighted by Gasteiger charge is -2.29. The number of thiocarbonyl (C=S) groups is 1. The summed E-state index contributed by atoms with van der Waals surface area (Å²) in [6.45, 7) is 3.75. The molecular formula is C25H21N3O5S. The fraction of sp³-hybridized carbons (Fsp3) is 0.120. The van der Waals surface area contributed by atoms with Crippen LogP contribution in [0.15, 0.2) is 60.2 Å². The molecule has 2 heterocycles. The summed E-state index contributed by atoms with van der Waals surface area (Å²) in [6.07, 6.45) is 1.54. The Kier molecular flexibility index (Phi) is 6.04. The van der Waals surface area contributed by atoms with Gasteiger partial charge in [0.15, 0.2) is 5.11 Å². The standard InChI is InChI=1S/C25H21N3O5S/c1-14-12-17(15(2)27(14)18-6-4-16(5-7-18)24(31)32)13-21-22(29)26-25(34)28(23(21)30)19-8-10-20(33-3)11-9-19/h4-13H,1-3H3,(H,31,32)(H,26,29,34)/b21-13-. The smallest absolute Gasteiger partial charge is 0.335 e. The maximum Gasteiger partial charge on any atom is 0.335 e. The number of amides is 2. The molecule has 0 bridgehead atoms. The van der Waals surface area contributed by atoms with Crippen molar-refractivity contribution >= 4 is 46.9 Å². The molecule has 4 rings (SSSR count). The van der Waals surface area contributed by atoms with E-state index in [2.05, 4.69) is 5.32 Å². The molecule has 3 aromatic rings. The largest absolute Gasteiger partial charge is 0.497 e. The van der Waals surface area contributed by atoms with Crippen LogP contribution in [-0.2, 0) is 9.59 Å². The SMILES string of the molecule is COc1ccc(N2C(=O)/C(=C\c3cc(C)n(-c4ccc(C(=O)O)cc4)c3C)C(=O)NC2=S)cc1. The second-order valence-electron chi connectivity index (χ2n) is 7.67. The molecule has 8 nitrogen and oxygen atoms in total. The number of nitrogens with one attached hydrogen (secondary N) is 1. The second kappa shape index (κ2) is 8.95. The number of carbonyl (C=O) groups is 3. The first-order valence-electron chi connectivity index (χ1n) is 10.3. The molecule has 9 heteroatoms. The van der Waals surface area contributed by atoms with E-state index < -0.39 is 17.8 Å². The minimum atomic E-state index is -1.00. The molecule has 0 saturated carbocycles. The number of carboxylic acid groups (broad SMARTS) is 1. The number of hydrogen-bond acceptors (Lipinski definition) is 5. The number of benzene rings is 2. The lowest BCUT2D eigenvalue weighted by Crippen LogP contribution is -2.54. The minimum absolute atomic E-state index is 0.00121. The Morgan fingerprint density at radius 2 is 1.65 bits per heavy atom. The number of aromatic carboxylic acids is 1. The van der Waals surface area contributed by atoms with Crippen LogP contribution in [-0.4, -0.2) is 39.7 Å². The van der Waals surface area contributed by atoms with Gasteiger partial charge in [-0.3, -0.25) is 19.8 Å². The van der Waals surface area contributed by atoms with E-state index in [9.17, 15) is 14.4 Å². The molecule has 172 valence electrons. The quantitative estimate of drug-likeness (QED) is 0.332. The van der Waals surface area contributed by atoms with Crippen molar-refractivity contribution in [1.82, 2.24) is 9.88 Å².